The van der Waals surface area contributed by atoms with Gasteiger partial charge in [0.15, 0.2) is 4.80 Å². The number of fused-ring (bicyclic) bond motifs is 1. The van der Waals surface area contributed by atoms with Crippen LogP contribution in [0.3, 0.4) is 0 Å². The number of carbonyl (C=O) groups excluding carboxylic acids is 1. The van der Waals surface area contributed by atoms with Crippen LogP contribution in [0.15, 0.2) is 52.4 Å². The van der Waals surface area contributed by atoms with E-state index < -0.39 is 4.92 Å². The number of hydrogen-bond acceptors (Lipinski definition) is 5. The van der Waals surface area contributed by atoms with Crippen LogP contribution in [-0.2, 0) is 11.3 Å². The standard InChI is InChI=1S/C17H14FN3O3S2/c1-2-20-14-9-12(21(23)24)5-8-15(14)26-17(20)19-16(22)10-25-13-6-3-11(18)4-7-13/h3-9H,2,10H2,1H3. The van der Waals surface area contributed by atoms with Crippen LogP contribution >= 0.6 is 23.1 Å². The third-order valence-electron chi connectivity index (χ3n) is 3.59. The van der Waals surface area contributed by atoms with E-state index in [9.17, 15) is 19.3 Å². The van der Waals surface area contributed by atoms with Gasteiger partial charge in [-0.1, -0.05) is 11.3 Å². The number of nitro benzene ring substituents is 1. The zero-order valence-corrected chi connectivity index (χ0v) is 15.3. The summed E-state index contributed by atoms with van der Waals surface area (Å²) in [5, 5.41) is 11.0. The van der Waals surface area contributed by atoms with Gasteiger partial charge in [0.05, 0.1) is 20.9 Å². The Labute approximate surface area is 156 Å². The molecular formula is C17H14FN3O3S2. The summed E-state index contributed by atoms with van der Waals surface area (Å²) in [6.45, 7) is 2.43. The summed E-state index contributed by atoms with van der Waals surface area (Å²) < 4.78 is 15.5. The topological polar surface area (TPSA) is 77.5 Å². The molecule has 26 heavy (non-hydrogen) atoms. The minimum absolute atomic E-state index is 0.00208. The summed E-state index contributed by atoms with van der Waals surface area (Å²) in [6.07, 6.45) is 0. The first-order chi connectivity index (χ1) is 12.5. The Bertz CT molecular complexity index is 1040. The highest BCUT2D eigenvalue weighted by atomic mass is 32.2. The van der Waals surface area contributed by atoms with Crippen molar-refractivity contribution in [2.45, 2.75) is 18.4 Å². The highest BCUT2D eigenvalue weighted by molar-refractivity contribution is 8.00. The van der Waals surface area contributed by atoms with Crippen molar-refractivity contribution in [1.29, 1.82) is 0 Å². The Morgan fingerprint density at radius 3 is 2.69 bits per heavy atom. The SMILES string of the molecule is CCn1c(=NC(=O)CSc2ccc(F)cc2)sc2ccc([N+](=O)[O-])cc21. The average Bonchev–Trinajstić information content (AvgIpc) is 2.97. The molecule has 0 fully saturated rings. The predicted octanol–water partition coefficient (Wildman–Crippen LogP) is 3.99. The Morgan fingerprint density at radius 2 is 2.04 bits per heavy atom. The molecule has 0 N–H and O–H groups in total. The van der Waals surface area contributed by atoms with E-state index in [-0.39, 0.29) is 23.2 Å². The van der Waals surface area contributed by atoms with Gasteiger partial charge in [-0.25, -0.2) is 4.39 Å². The van der Waals surface area contributed by atoms with Gasteiger partial charge in [-0.3, -0.25) is 14.9 Å². The number of carbonyl (C=O) groups is 1. The second-order valence-corrected chi connectivity index (χ2v) is 7.34. The highest BCUT2D eigenvalue weighted by Gasteiger charge is 2.12. The summed E-state index contributed by atoms with van der Waals surface area (Å²) >= 11 is 2.59. The average molecular weight is 391 g/mol. The number of thioether (sulfide) groups is 1. The lowest BCUT2D eigenvalue weighted by molar-refractivity contribution is -0.384. The normalized spacial score (nSPS) is 11.8. The number of thiazole rings is 1. The lowest BCUT2D eigenvalue weighted by Gasteiger charge is -2.00. The zero-order valence-electron chi connectivity index (χ0n) is 13.7. The molecule has 0 saturated carbocycles. The fourth-order valence-electron chi connectivity index (χ4n) is 2.38. The number of amides is 1. The first-order valence-electron chi connectivity index (χ1n) is 7.71. The molecule has 3 aromatic rings. The first-order valence-corrected chi connectivity index (χ1v) is 9.52. The molecule has 0 unspecified atom stereocenters. The van der Waals surface area contributed by atoms with Crippen LogP contribution in [0.4, 0.5) is 10.1 Å². The minimum Gasteiger partial charge on any atom is -0.316 e. The molecule has 6 nitrogen and oxygen atoms in total. The predicted molar refractivity (Wildman–Crippen MR) is 99.8 cm³/mol. The molecule has 3 rings (SSSR count). The molecule has 0 aliphatic heterocycles. The van der Waals surface area contributed by atoms with Crippen molar-refractivity contribution in [2.24, 2.45) is 4.99 Å². The lowest BCUT2D eigenvalue weighted by Crippen LogP contribution is -2.16. The van der Waals surface area contributed by atoms with Gasteiger partial charge in [-0.2, -0.15) is 4.99 Å². The molecule has 0 spiro atoms. The van der Waals surface area contributed by atoms with E-state index in [1.165, 1.54) is 47.4 Å². The van der Waals surface area contributed by atoms with Crippen molar-refractivity contribution in [2.75, 3.05) is 5.75 Å². The van der Waals surface area contributed by atoms with Crippen LogP contribution in [-0.4, -0.2) is 21.2 Å². The van der Waals surface area contributed by atoms with Crippen LogP contribution in [0.25, 0.3) is 10.2 Å². The van der Waals surface area contributed by atoms with Gasteiger partial charge >= 0.3 is 0 Å². The summed E-state index contributed by atoms with van der Waals surface area (Å²) in [6, 6.07) is 10.5. The molecule has 2 aromatic carbocycles. The van der Waals surface area contributed by atoms with Crippen molar-refractivity contribution < 1.29 is 14.1 Å². The molecule has 0 saturated heterocycles. The van der Waals surface area contributed by atoms with Gasteiger partial charge in [-0.05, 0) is 37.3 Å². The number of nitro groups is 1. The van der Waals surface area contributed by atoms with Crippen molar-refractivity contribution in [1.82, 2.24) is 4.57 Å². The first kappa shape index (κ1) is 18.3. The zero-order chi connectivity index (χ0) is 18.7. The van der Waals surface area contributed by atoms with Crippen LogP contribution in [0, 0.1) is 15.9 Å². The second-order valence-electron chi connectivity index (χ2n) is 5.29. The monoisotopic (exact) mass is 391 g/mol. The molecule has 0 bridgehead atoms. The molecule has 134 valence electrons. The van der Waals surface area contributed by atoms with E-state index in [0.717, 1.165) is 9.60 Å². The van der Waals surface area contributed by atoms with Gasteiger partial charge in [0.1, 0.15) is 5.82 Å². The van der Waals surface area contributed by atoms with Crippen LogP contribution in [0.1, 0.15) is 6.92 Å². The molecule has 0 aliphatic carbocycles. The molecule has 1 amide bonds. The van der Waals surface area contributed by atoms with Gasteiger partial charge in [0, 0.05) is 23.6 Å². The fraction of sp³-hybridized carbons (Fsp3) is 0.176. The number of halogens is 1. The molecule has 1 heterocycles. The van der Waals surface area contributed by atoms with Crippen molar-refractivity contribution >= 4 is 44.9 Å². The fourth-order valence-corrected chi connectivity index (χ4v) is 4.15. The van der Waals surface area contributed by atoms with E-state index in [1.807, 2.05) is 6.92 Å². The Kier molecular flexibility index (Phi) is 5.48. The van der Waals surface area contributed by atoms with Gasteiger partial charge < -0.3 is 4.57 Å². The van der Waals surface area contributed by atoms with Crippen LogP contribution in [0.2, 0.25) is 0 Å². The van der Waals surface area contributed by atoms with Crippen molar-refractivity contribution in [3.63, 3.8) is 0 Å². The number of non-ortho nitro benzene ring substituents is 1. The van der Waals surface area contributed by atoms with Crippen LogP contribution < -0.4 is 4.80 Å². The summed E-state index contributed by atoms with van der Waals surface area (Å²) in [4.78, 5) is 28.2. The smallest absolute Gasteiger partial charge is 0.271 e. The van der Waals surface area contributed by atoms with E-state index in [2.05, 4.69) is 4.99 Å². The number of benzene rings is 2. The molecule has 1 aromatic heterocycles. The van der Waals surface area contributed by atoms with Crippen LogP contribution in [0.5, 0.6) is 0 Å². The second kappa shape index (κ2) is 7.79. The lowest BCUT2D eigenvalue weighted by atomic mass is 10.3. The largest absolute Gasteiger partial charge is 0.316 e. The maximum absolute atomic E-state index is 12.9. The highest BCUT2D eigenvalue weighted by Crippen LogP contribution is 2.23. The number of rotatable bonds is 5. The quantitative estimate of drug-likeness (QED) is 0.374. The molecule has 0 radical (unpaired) electrons. The van der Waals surface area contributed by atoms with Gasteiger partial charge in [0.2, 0.25) is 0 Å². The Morgan fingerprint density at radius 1 is 1.31 bits per heavy atom. The third kappa shape index (κ3) is 4.00. The Hall–Kier alpha value is -2.52. The number of aromatic nitrogens is 1. The van der Waals surface area contributed by atoms with Crippen molar-refractivity contribution in [3.8, 4) is 0 Å². The number of hydrogen-bond donors (Lipinski definition) is 0. The van der Waals surface area contributed by atoms with E-state index in [4.69, 9.17) is 0 Å². The van der Waals surface area contributed by atoms with E-state index in [1.54, 1.807) is 22.8 Å². The van der Waals surface area contributed by atoms with Gasteiger partial charge in [-0.15, -0.1) is 11.8 Å². The molecular weight excluding hydrogens is 377 g/mol. The summed E-state index contributed by atoms with van der Waals surface area (Å²) in [5.41, 5.74) is 0.687. The Balaban J connectivity index is 1.87. The summed E-state index contributed by atoms with van der Waals surface area (Å²) in [7, 11) is 0. The molecule has 0 atom stereocenters. The molecule has 0 aliphatic rings. The van der Waals surface area contributed by atoms with Gasteiger partial charge in [0.25, 0.3) is 11.6 Å². The maximum atomic E-state index is 12.9. The number of nitrogens with zero attached hydrogens (tertiary/aromatic N) is 3. The van der Waals surface area contributed by atoms with Crippen molar-refractivity contribution in [3.05, 3.63) is 63.2 Å². The minimum atomic E-state index is -0.446. The summed E-state index contributed by atoms with van der Waals surface area (Å²) in [5.74, 6) is -0.514. The maximum Gasteiger partial charge on any atom is 0.271 e. The van der Waals surface area contributed by atoms with E-state index >= 15 is 0 Å². The third-order valence-corrected chi connectivity index (χ3v) is 5.64. The number of aryl methyl sites for hydroxylation is 1. The van der Waals surface area contributed by atoms with E-state index in [0.29, 0.717) is 16.9 Å². The molecule has 9 heteroatoms.